The van der Waals surface area contributed by atoms with Crippen LogP contribution in [0.15, 0.2) is 59.4 Å². The van der Waals surface area contributed by atoms with Gasteiger partial charge in [-0.2, -0.15) is 9.13 Å². The summed E-state index contributed by atoms with van der Waals surface area (Å²) in [6.07, 6.45) is 10.0. The molecule has 0 aromatic carbocycles. The second-order valence-corrected chi connectivity index (χ2v) is 4.25. The minimum Gasteiger partial charge on any atom is -1.00 e. The Labute approximate surface area is 146 Å². The average Bonchev–Trinajstić information content (AvgIpc) is 2.50. The maximum Gasteiger partial charge on any atom is 0.257 e. The molecule has 0 saturated carbocycles. The maximum atomic E-state index is 8.50. The lowest BCUT2D eigenvalue weighted by Gasteiger charge is -1.99. The standard InChI is InChI=1S/C14H14N4O3.2ClH/c19-15-8-13-3-6-17(7-4-13)11-21-12-18-5-1-2-14(10-18)9-16-20;;/h1-10H,11-12H2;2*1H/b16-9+;;. The summed E-state index contributed by atoms with van der Waals surface area (Å²) in [4.78, 5) is 0. The fourth-order valence-corrected chi connectivity index (χ4v) is 1.72. The number of pyridine rings is 2. The number of oxime groups is 2. The van der Waals surface area contributed by atoms with Crippen molar-refractivity contribution < 1.29 is 49.1 Å². The number of hydrogen-bond acceptors (Lipinski definition) is 5. The van der Waals surface area contributed by atoms with Gasteiger partial charge in [-0.3, -0.25) is 4.74 Å². The first-order valence-electron chi connectivity index (χ1n) is 6.22. The second kappa shape index (κ2) is 11.4. The van der Waals surface area contributed by atoms with Gasteiger partial charge in [-0.1, -0.05) is 10.3 Å². The van der Waals surface area contributed by atoms with Crippen LogP contribution >= 0.6 is 0 Å². The summed E-state index contributed by atoms with van der Waals surface area (Å²) in [6.45, 7) is 0.766. The Morgan fingerprint density at radius 3 is 2.13 bits per heavy atom. The molecule has 124 valence electrons. The summed E-state index contributed by atoms with van der Waals surface area (Å²) in [7, 11) is 0. The van der Waals surface area contributed by atoms with E-state index in [1.54, 1.807) is 0 Å². The fraction of sp³-hybridized carbons (Fsp3) is 0.143. The van der Waals surface area contributed by atoms with E-state index < -0.39 is 0 Å². The van der Waals surface area contributed by atoms with Gasteiger partial charge in [0, 0.05) is 23.8 Å². The Bertz CT molecular complexity index is 636. The van der Waals surface area contributed by atoms with E-state index >= 15 is 0 Å². The van der Waals surface area contributed by atoms with Crippen molar-refractivity contribution in [2.24, 2.45) is 10.3 Å². The number of rotatable bonds is 6. The SMILES string of the molecule is O/N=C/c1cc[n+](COC[n+]2cccc(/C=N/O)c2)cc1.[Cl-].[Cl-]. The first-order valence-corrected chi connectivity index (χ1v) is 6.22. The van der Waals surface area contributed by atoms with Crippen molar-refractivity contribution >= 4 is 12.4 Å². The van der Waals surface area contributed by atoms with E-state index in [-0.39, 0.29) is 24.8 Å². The highest BCUT2D eigenvalue weighted by atomic mass is 35.5. The quantitative estimate of drug-likeness (QED) is 0.234. The molecule has 0 aliphatic heterocycles. The first kappa shape index (κ1) is 20.8. The maximum absolute atomic E-state index is 8.50. The van der Waals surface area contributed by atoms with Crippen molar-refractivity contribution in [1.29, 1.82) is 0 Å². The predicted molar refractivity (Wildman–Crippen MR) is 73.1 cm³/mol. The van der Waals surface area contributed by atoms with Gasteiger partial charge in [0.1, 0.15) is 0 Å². The molecule has 0 amide bonds. The molecule has 9 heteroatoms. The molecule has 0 atom stereocenters. The minimum atomic E-state index is 0. The van der Waals surface area contributed by atoms with Gasteiger partial charge < -0.3 is 35.2 Å². The third kappa shape index (κ3) is 7.05. The molecule has 2 rings (SSSR count). The largest absolute Gasteiger partial charge is 1.00 e. The molecule has 23 heavy (non-hydrogen) atoms. The van der Waals surface area contributed by atoms with Crippen LogP contribution in [-0.2, 0) is 18.2 Å². The second-order valence-electron chi connectivity index (χ2n) is 4.25. The molecule has 0 aliphatic carbocycles. The van der Waals surface area contributed by atoms with Crippen LogP contribution in [0.2, 0.25) is 0 Å². The summed E-state index contributed by atoms with van der Waals surface area (Å²) < 4.78 is 9.27. The molecule has 0 unspecified atom stereocenters. The smallest absolute Gasteiger partial charge is 0.257 e. The molecular weight excluding hydrogens is 343 g/mol. The van der Waals surface area contributed by atoms with Crippen molar-refractivity contribution in [3.05, 3.63) is 60.2 Å². The van der Waals surface area contributed by atoms with E-state index in [2.05, 4.69) is 10.3 Å². The van der Waals surface area contributed by atoms with Gasteiger partial charge in [-0.15, -0.1) is 0 Å². The molecule has 0 saturated heterocycles. The Balaban J connectivity index is 0.00000242. The van der Waals surface area contributed by atoms with Gasteiger partial charge in [0.05, 0.1) is 18.0 Å². The topological polar surface area (TPSA) is 82.2 Å². The number of hydrogen-bond donors (Lipinski definition) is 2. The predicted octanol–water partition coefficient (Wildman–Crippen LogP) is -5.48. The molecule has 2 N–H and O–H groups in total. The molecule has 2 aromatic rings. The zero-order chi connectivity index (χ0) is 14.9. The van der Waals surface area contributed by atoms with E-state index in [0.29, 0.717) is 13.5 Å². The minimum absolute atomic E-state index is 0. The summed E-state index contributed by atoms with van der Waals surface area (Å²) >= 11 is 0. The summed E-state index contributed by atoms with van der Waals surface area (Å²) in [5.74, 6) is 0. The lowest BCUT2D eigenvalue weighted by molar-refractivity contribution is -0.788. The van der Waals surface area contributed by atoms with Crippen molar-refractivity contribution in [3.63, 3.8) is 0 Å². The molecule has 2 heterocycles. The van der Waals surface area contributed by atoms with Crippen LogP contribution in [0.3, 0.4) is 0 Å². The highest BCUT2D eigenvalue weighted by Gasteiger charge is 2.05. The van der Waals surface area contributed by atoms with Crippen molar-refractivity contribution in [2.45, 2.75) is 13.5 Å². The van der Waals surface area contributed by atoms with E-state index in [1.807, 2.05) is 58.2 Å². The van der Waals surface area contributed by atoms with Gasteiger partial charge in [0.25, 0.3) is 13.5 Å². The number of ether oxygens (including phenoxy) is 1. The lowest BCUT2D eigenvalue weighted by atomic mass is 10.3. The molecule has 0 fully saturated rings. The molecule has 0 spiro atoms. The first-order chi connectivity index (χ1) is 10.3. The van der Waals surface area contributed by atoms with Crippen LogP contribution in [0.4, 0.5) is 0 Å². The van der Waals surface area contributed by atoms with Crippen molar-refractivity contribution in [1.82, 2.24) is 0 Å². The third-order valence-corrected chi connectivity index (χ3v) is 2.69. The Hall–Kier alpha value is -2.22. The van der Waals surface area contributed by atoms with Crippen LogP contribution in [0.5, 0.6) is 0 Å². The summed E-state index contributed by atoms with van der Waals surface area (Å²) in [5, 5.41) is 22.9. The van der Waals surface area contributed by atoms with Crippen LogP contribution in [0.25, 0.3) is 0 Å². The van der Waals surface area contributed by atoms with Crippen LogP contribution < -0.4 is 33.9 Å². The van der Waals surface area contributed by atoms with Crippen LogP contribution in [-0.4, -0.2) is 22.8 Å². The summed E-state index contributed by atoms with van der Waals surface area (Å²) in [6, 6.07) is 7.30. The van der Waals surface area contributed by atoms with Gasteiger partial charge in [0.2, 0.25) is 0 Å². The Morgan fingerprint density at radius 1 is 0.870 bits per heavy atom. The molecule has 2 aromatic heterocycles. The van der Waals surface area contributed by atoms with Gasteiger partial charge in [-0.05, 0) is 6.07 Å². The monoisotopic (exact) mass is 358 g/mol. The van der Waals surface area contributed by atoms with Crippen molar-refractivity contribution in [3.8, 4) is 0 Å². The average molecular weight is 359 g/mol. The van der Waals surface area contributed by atoms with Crippen LogP contribution in [0.1, 0.15) is 11.1 Å². The summed E-state index contributed by atoms with van der Waals surface area (Å²) in [5.41, 5.74) is 1.59. The van der Waals surface area contributed by atoms with E-state index in [9.17, 15) is 0 Å². The Morgan fingerprint density at radius 2 is 1.48 bits per heavy atom. The molecule has 0 bridgehead atoms. The molecule has 0 aliphatic rings. The third-order valence-electron chi connectivity index (χ3n) is 2.69. The molecule has 7 nitrogen and oxygen atoms in total. The zero-order valence-corrected chi connectivity index (χ0v) is 13.5. The zero-order valence-electron chi connectivity index (χ0n) is 12.0. The lowest BCUT2D eigenvalue weighted by Crippen LogP contribution is -3.00. The molecular formula is C14H16Cl2N4O3. The van der Waals surface area contributed by atoms with Gasteiger partial charge >= 0.3 is 0 Å². The van der Waals surface area contributed by atoms with E-state index in [1.165, 1.54) is 12.4 Å². The van der Waals surface area contributed by atoms with Gasteiger partial charge in [0.15, 0.2) is 24.8 Å². The van der Waals surface area contributed by atoms with Gasteiger partial charge in [-0.25, -0.2) is 0 Å². The highest BCUT2D eigenvalue weighted by molar-refractivity contribution is 5.78. The normalized spacial score (nSPS) is 10.4. The number of aromatic nitrogens is 2. The van der Waals surface area contributed by atoms with E-state index in [0.717, 1.165) is 11.1 Å². The Kier molecular flexibility index (Phi) is 10.3. The molecule has 0 radical (unpaired) electrons. The number of halogens is 2. The highest BCUT2D eigenvalue weighted by Crippen LogP contribution is 1.91. The fourth-order valence-electron chi connectivity index (χ4n) is 1.72. The number of nitrogens with zero attached hydrogens (tertiary/aromatic N) is 4. The van der Waals surface area contributed by atoms with E-state index in [4.69, 9.17) is 15.2 Å². The van der Waals surface area contributed by atoms with Crippen molar-refractivity contribution in [2.75, 3.05) is 0 Å². The van der Waals surface area contributed by atoms with Crippen LogP contribution in [0, 0.1) is 0 Å².